The highest BCUT2D eigenvalue weighted by Gasteiger charge is 2.31. The molecule has 30 heavy (non-hydrogen) atoms. The Balaban J connectivity index is 1.50. The van der Waals surface area contributed by atoms with Gasteiger partial charge in [-0.1, -0.05) is 12.1 Å². The van der Waals surface area contributed by atoms with Crippen LogP contribution in [0.4, 0.5) is 5.69 Å². The molecule has 1 atom stereocenters. The zero-order chi connectivity index (χ0) is 21.5. The average Bonchev–Trinajstić information content (AvgIpc) is 3.32. The largest absolute Gasteiger partial charge is 0.344 e. The van der Waals surface area contributed by atoms with E-state index >= 15 is 0 Å². The summed E-state index contributed by atoms with van der Waals surface area (Å²) in [5, 5.41) is 5.63. The van der Waals surface area contributed by atoms with Gasteiger partial charge in [-0.05, 0) is 51.0 Å². The molecule has 158 valence electrons. The van der Waals surface area contributed by atoms with Crippen molar-refractivity contribution in [3.05, 3.63) is 57.7 Å². The van der Waals surface area contributed by atoms with E-state index in [4.69, 9.17) is 0 Å². The SMILES string of the molecule is Cc1cccc(NC(=O)Cc2nc(-c3cc(C)n([C@@H]4CCS(=O)(=O)C4)c3C)cs2)c1. The Kier molecular flexibility index (Phi) is 5.55. The number of thiazole rings is 1. The average molecular weight is 444 g/mol. The standard InChI is InChI=1S/C22H25N3O3S2/c1-14-5-4-6-17(9-14)23-21(26)11-22-24-20(12-29-22)19-10-15(2)25(16(19)3)18-7-8-30(27,28)13-18/h4-6,9-10,12,18H,7-8,11,13H2,1-3H3,(H,23,26)/t18-/m1/s1. The number of sulfone groups is 1. The molecule has 1 aliphatic heterocycles. The molecule has 1 amide bonds. The van der Waals surface area contributed by atoms with Crippen LogP contribution in [0.1, 0.15) is 34.4 Å². The summed E-state index contributed by atoms with van der Waals surface area (Å²) >= 11 is 1.47. The Morgan fingerprint density at radius 3 is 2.77 bits per heavy atom. The lowest BCUT2D eigenvalue weighted by molar-refractivity contribution is -0.115. The molecule has 2 aromatic heterocycles. The molecule has 8 heteroatoms. The van der Waals surface area contributed by atoms with Crippen LogP contribution in [0.25, 0.3) is 11.3 Å². The minimum absolute atomic E-state index is 0.0121. The van der Waals surface area contributed by atoms with Gasteiger partial charge in [0.05, 0.1) is 23.6 Å². The quantitative estimate of drug-likeness (QED) is 0.644. The lowest BCUT2D eigenvalue weighted by Crippen LogP contribution is -2.14. The molecule has 6 nitrogen and oxygen atoms in total. The number of carbonyl (C=O) groups excluding carboxylic acids is 1. The van der Waals surface area contributed by atoms with Crippen molar-refractivity contribution < 1.29 is 13.2 Å². The fourth-order valence-corrected chi connectivity index (χ4v) is 6.65. The molecule has 0 radical (unpaired) electrons. The van der Waals surface area contributed by atoms with Crippen LogP contribution in [0.15, 0.2) is 35.7 Å². The summed E-state index contributed by atoms with van der Waals surface area (Å²) in [6, 6.07) is 9.76. The molecule has 1 N–H and O–H groups in total. The minimum atomic E-state index is -2.95. The Bertz CT molecular complexity index is 1210. The first-order valence-corrected chi connectivity index (χ1v) is 12.6. The summed E-state index contributed by atoms with van der Waals surface area (Å²) in [4.78, 5) is 17.1. The zero-order valence-corrected chi connectivity index (χ0v) is 18.9. The fourth-order valence-electron chi connectivity index (χ4n) is 4.16. The van der Waals surface area contributed by atoms with Crippen LogP contribution in [-0.4, -0.2) is 35.4 Å². The van der Waals surface area contributed by atoms with Crippen molar-refractivity contribution in [2.45, 2.75) is 39.7 Å². The van der Waals surface area contributed by atoms with Gasteiger partial charge < -0.3 is 9.88 Å². The van der Waals surface area contributed by atoms with Crippen LogP contribution < -0.4 is 5.32 Å². The van der Waals surface area contributed by atoms with E-state index in [2.05, 4.69) is 20.9 Å². The third-order valence-electron chi connectivity index (χ3n) is 5.50. The van der Waals surface area contributed by atoms with Gasteiger partial charge in [-0.15, -0.1) is 11.3 Å². The Hall–Kier alpha value is -2.45. The predicted octanol–water partition coefficient (Wildman–Crippen LogP) is 4.08. The number of nitrogens with zero attached hydrogens (tertiary/aromatic N) is 2. The second-order valence-corrected chi connectivity index (χ2v) is 11.1. The summed E-state index contributed by atoms with van der Waals surface area (Å²) in [6.45, 7) is 6.00. The first-order chi connectivity index (χ1) is 14.2. The maximum atomic E-state index is 12.4. The van der Waals surface area contributed by atoms with Crippen molar-refractivity contribution in [3.8, 4) is 11.3 Å². The van der Waals surface area contributed by atoms with E-state index < -0.39 is 9.84 Å². The number of rotatable bonds is 5. The highest BCUT2D eigenvalue weighted by Crippen LogP contribution is 2.34. The molecule has 0 bridgehead atoms. The van der Waals surface area contributed by atoms with E-state index in [-0.39, 0.29) is 29.9 Å². The van der Waals surface area contributed by atoms with Crippen LogP contribution >= 0.6 is 11.3 Å². The van der Waals surface area contributed by atoms with Gasteiger partial charge in [-0.25, -0.2) is 13.4 Å². The number of benzene rings is 1. The summed E-state index contributed by atoms with van der Waals surface area (Å²) in [7, 11) is -2.95. The number of anilines is 1. The van der Waals surface area contributed by atoms with E-state index in [0.29, 0.717) is 6.42 Å². The highest BCUT2D eigenvalue weighted by atomic mass is 32.2. The van der Waals surface area contributed by atoms with Crippen molar-refractivity contribution in [1.29, 1.82) is 0 Å². The number of carbonyl (C=O) groups is 1. The highest BCUT2D eigenvalue weighted by molar-refractivity contribution is 7.91. The molecule has 3 aromatic rings. The summed E-state index contributed by atoms with van der Waals surface area (Å²) in [5.74, 6) is 0.355. The van der Waals surface area contributed by atoms with Gasteiger partial charge in [0.1, 0.15) is 5.01 Å². The number of amides is 1. The Morgan fingerprint density at radius 1 is 1.27 bits per heavy atom. The topological polar surface area (TPSA) is 81.1 Å². The smallest absolute Gasteiger partial charge is 0.231 e. The molecule has 0 aliphatic carbocycles. The van der Waals surface area contributed by atoms with Crippen molar-refractivity contribution in [3.63, 3.8) is 0 Å². The van der Waals surface area contributed by atoms with Gasteiger partial charge in [-0.2, -0.15) is 0 Å². The molecular formula is C22H25N3O3S2. The molecule has 1 saturated heterocycles. The number of nitrogens with one attached hydrogen (secondary N) is 1. The Morgan fingerprint density at radius 2 is 2.07 bits per heavy atom. The van der Waals surface area contributed by atoms with E-state index in [1.807, 2.05) is 50.4 Å². The van der Waals surface area contributed by atoms with E-state index in [1.165, 1.54) is 11.3 Å². The number of hydrogen-bond donors (Lipinski definition) is 1. The number of aryl methyl sites for hydroxylation is 2. The molecular weight excluding hydrogens is 418 g/mol. The second kappa shape index (κ2) is 8.00. The first kappa shape index (κ1) is 20.8. The van der Waals surface area contributed by atoms with Crippen LogP contribution in [0.2, 0.25) is 0 Å². The van der Waals surface area contributed by atoms with Gasteiger partial charge in [0.15, 0.2) is 9.84 Å². The fraction of sp³-hybridized carbons (Fsp3) is 0.364. The molecule has 3 heterocycles. The number of aromatic nitrogens is 2. The van der Waals surface area contributed by atoms with E-state index in [0.717, 1.165) is 38.9 Å². The second-order valence-electron chi connectivity index (χ2n) is 7.93. The van der Waals surface area contributed by atoms with E-state index in [1.54, 1.807) is 0 Å². The van der Waals surface area contributed by atoms with Crippen LogP contribution in [0.5, 0.6) is 0 Å². The molecule has 1 fully saturated rings. The van der Waals surface area contributed by atoms with Gasteiger partial charge >= 0.3 is 0 Å². The van der Waals surface area contributed by atoms with Gasteiger partial charge in [0.25, 0.3) is 0 Å². The lowest BCUT2D eigenvalue weighted by atomic mass is 10.2. The summed E-state index contributed by atoms with van der Waals surface area (Å²) in [5.41, 5.74) is 5.77. The summed E-state index contributed by atoms with van der Waals surface area (Å²) < 4.78 is 25.9. The molecule has 4 rings (SSSR count). The monoisotopic (exact) mass is 443 g/mol. The van der Waals surface area contributed by atoms with Gasteiger partial charge in [0.2, 0.25) is 5.91 Å². The molecule has 0 unspecified atom stereocenters. The summed E-state index contributed by atoms with van der Waals surface area (Å²) in [6.07, 6.45) is 0.873. The third-order valence-corrected chi connectivity index (χ3v) is 8.10. The zero-order valence-electron chi connectivity index (χ0n) is 17.3. The normalized spacial score (nSPS) is 17.9. The van der Waals surface area contributed by atoms with Crippen LogP contribution in [-0.2, 0) is 21.1 Å². The van der Waals surface area contributed by atoms with Crippen molar-refractivity contribution in [2.75, 3.05) is 16.8 Å². The molecule has 0 saturated carbocycles. The lowest BCUT2D eigenvalue weighted by Gasteiger charge is -2.16. The van der Waals surface area contributed by atoms with Crippen molar-refractivity contribution in [1.82, 2.24) is 9.55 Å². The van der Waals surface area contributed by atoms with Crippen LogP contribution in [0, 0.1) is 20.8 Å². The van der Waals surface area contributed by atoms with Gasteiger partial charge in [-0.3, -0.25) is 4.79 Å². The maximum Gasteiger partial charge on any atom is 0.231 e. The molecule has 1 aromatic carbocycles. The predicted molar refractivity (Wildman–Crippen MR) is 121 cm³/mol. The van der Waals surface area contributed by atoms with Gasteiger partial charge in [0, 0.05) is 34.1 Å². The Labute approximate surface area is 180 Å². The maximum absolute atomic E-state index is 12.4. The number of hydrogen-bond acceptors (Lipinski definition) is 5. The van der Waals surface area contributed by atoms with Crippen molar-refractivity contribution >= 4 is 32.8 Å². The molecule has 1 aliphatic rings. The minimum Gasteiger partial charge on any atom is -0.344 e. The van der Waals surface area contributed by atoms with E-state index in [9.17, 15) is 13.2 Å². The van der Waals surface area contributed by atoms with Crippen LogP contribution in [0.3, 0.4) is 0 Å². The van der Waals surface area contributed by atoms with Crippen molar-refractivity contribution in [2.24, 2.45) is 0 Å². The molecule has 0 spiro atoms. The third kappa shape index (κ3) is 4.34. The first-order valence-electron chi connectivity index (χ1n) is 9.92.